The van der Waals surface area contributed by atoms with Crippen molar-refractivity contribution in [2.75, 3.05) is 14.2 Å². The zero-order valence-corrected chi connectivity index (χ0v) is 13.2. The highest BCUT2D eigenvalue weighted by Gasteiger charge is 2.25. The summed E-state index contributed by atoms with van der Waals surface area (Å²) in [6.45, 7) is 5.64. The highest BCUT2D eigenvalue weighted by atomic mass is 16.5. The van der Waals surface area contributed by atoms with Gasteiger partial charge in [-0.25, -0.2) is 4.79 Å². The summed E-state index contributed by atoms with van der Waals surface area (Å²) in [6, 6.07) is 4.97. The first-order chi connectivity index (χ1) is 9.90. The van der Waals surface area contributed by atoms with Crippen molar-refractivity contribution in [3.8, 4) is 5.75 Å². The predicted octanol–water partition coefficient (Wildman–Crippen LogP) is 1.86. The topological polar surface area (TPSA) is 64.6 Å². The molecule has 0 aliphatic heterocycles. The van der Waals surface area contributed by atoms with E-state index in [0.29, 0.717) is 5.75 Å². The van der Waals surface area contributed by atoms with Gasteiger partial charge in [0.15, 0.2) is 0 Å². The van der Waals surface area contributed by atoms with Gasteiger partial charge in [0.1, 0.15) is 11.8 Å². The van der Waals surface area contributed by atoms with Crippen LogP contribution in [0, 0.1) is 12.8 Å². The molecule has 0 fully saturated rings. The van der Waals surface area contributed by atoms with Gasteiger partial charge in [-0.05, 0) is 24.5 Å². The van der Waals surface area contributed by atoms with E-state index in [1.807, 2.05) is 39.0 Å². The molecule has 1 unspecified atom stereocenters. The fourth-order valence-electron chi connectivity index (χ4n) is 2.10. The third kappa shape index (κ3) is 4.48. The Kier molecular flexibility index (Phi) is 6.21. The van der Waals surface area contributed by atoms with Crippen LogP contribution in [0.2, 0.25) is 0 Å². The zero-order chi connectivity index (χ0) is 16.0. The third-order valence-electron chi connectivity index (χ3n) is 3.36. The van der Waals surface area contributed by atoms with Crippen LogP contribution in [-0.2, 0) is 20.7 Å². The maximum absolute atomic E-state index is 12.2. The SMILES string of the molecule is COC(=O)C(NC(=O)Cc1c(C)cccc1OC)C(C)C. The molecular formula is C16H23NO4. The van der Waals surface area contributed by atoms with Crippen LogP contribution in [0.25, 0.3) is 0 Å². The van der Waals surface area contributed by atoms with Crippen molar-refractivity contribution in [1.82, 2.24) is 5.32 Å². The van der Waals surface area contributed by atoms with Gasteiger partial charge in [0, 0.05) is 5.56 Å². The fraction of sp³-hybridized carbons (Fsp3) is 0.500. The van der Waals surface area contributed by atoms with Crippen LogP contribution in [0.3, 0.4) is 0 Å². The Morgan fingerprint density at radius 1 is 1.24 bits per heavy atom. The van der Waals surface area contributed by atoms with E-state index in [4.69, 9.17) is 9.47 Å². The van der Waals surface area contributed by atoms with Crippen LogP contribution in [0.5, 0.6) is 5.75 Å². The number of rotatable bonds is 6. The number of ether oxygens (including phenoxy) is 2. The molecule has 116 valence electrons. The smallest absolute Gasteiger partial charge is 0.328 e. The lowest BCUT2D eigenvalue weighted by Gasteiger charge is -2.20. The molecule has 1 aromatic rings. The minimum Gasteiger partial charge on any atom is -0.496 e. The van der Waals surface area contributed by atoms with Crippen molar-refractivity contribution >= 4 is 11.9 Å². The quantitative estimate of drug-likeness (QED) is 0.813. The van der Waals surface area contributed by atoms with Gasteiger partial charge in [-0.1, -0.05) is 26.0 Å². The van der Waals surface area contributed by atoms with Crippen molar-refractivity contribution in [2.45, 2.75) is 33.2 Å². The summed E-state index contributed by atoms with van der Waals surface area (Å²) in [4.78, 5) is 23.9. The second kappa shape index (κ2) is 7.67. The number of carbonyl (C=O) groups excluding carboxylic acids is 2. The van der Waals surface area contributed by atoms with E-state index >= 15 is 0 Å². The average molecular weight is 293 g/mol. The van der Waals surface area contributed by atoms with E-state index in [0.717, 1.165) is 11.1 Å². The molecule has 0 saturated heterocycles. The summed E-state index contributed by atoms with van der Waals surface area (Å²) in [5, 5.41) is 2.73. The van der Waals surface area contributed by atoms with E-state index < -0.39 is 12.0 Å². The summed E-state index contributed by atoms with van der Waals surface area (Å²) < 4.78 is 9.99. The van der Waals surface area contributed by atoms with Gasteiger partial charge in [-0.2, -0.15) is 0 Å². The van der Waals surface area contributed by atoms with Gasteiger partial charge in [0.2, 0.25) is 5.91 Å². The molecule has 5 heteroatoms. The molecule has 0 radical (unpaired) electrons. The van der Waals surface area contributed by atoms with Crippen LogP contribution in [0.15, 0.2) is 18.2 Å². The molecule has 0 spiro atoms. The molecule has 0 aliphatic carbocycles. The van der Waals surface area contributed by atoms with Crippen LogP contribution >= 0.6 is 0 Å². The predicted molar refractivity (Wildman–Crippen MR) is 80.2 cm³/mol. The average Bonchev–Trinajstić information content (AvgIpc) is 2.45. The number of hydrogen-bond donors (Lipinski definition) is 1. The van der Waals surface area contributed by atoms with E-state index in [1.165, 1.54) is 7.11 Å². The van der Waals surface area contributed by atoms with Crippen LogP contribution < -0.4 is 10.1 Å². The van der Waals surface area contributed by atoms with Gasteiger partial charge in [-0.15, -0.1) is 0 Å². The van der Waals surface area contributed by atoms with E-state index in [-0.39, 0.29) is 18.2 Å². The Hall–Kier alpha value is -2.04. The number of aryl methyl sites for hydroxylation is 1. The molecule has 1 amide bonds. The van der Waals surface area contributed by atoms with Gasteiger partial charge in [-0.3, -0.25) is 4.79 Å². The first kappa shape index (κ1) is 17.0. The first-order valence-electron chi connectivity index (χ1n) is 6.90. The monoisotopic (exact) mass is 293 g/mol. The Balaban J connectivity index is 2.84. The molecule has 1 rings (SSSR count). The minimum atomic E-state index is -0.641. The van der Waals surface area contributed by atoms with E-state index in [9.17, 15) is 9.59 Å². The minimum absolute atomic E-state index is 0.0415. The van der Waals surface area contributed by atoms with Gasteiger partial charge >= 0.3 is 5.97 Å². The molecule has 1 atom stereocenters. The number of hydrogen-bond acceptors (Lipinski definition) is 4. The Morgan fingerprint density at radius 3 is 2.43 bits per heavy atom. The Morgan fingerprint density at radius 2 is 1.90 bits per heavy atom. The second-order valence-electron chi connectivity index (χ2n) is 5.24. The molecule has 5 nitrogen and oxygen atoms in total. The normalized spacial score (nSPS) is 11.9. The number of benzene rings is 1. The lowest BCUT2D eigenvalue weighted by Crippen LogP contribution is -2.45. The maximum Gasteiger partial charge on any atom is 0.328 e. The third-order valence-corrected chi connectivity index (χ3v) is 3.36. The number of amides is 1. The van der Waals surface area contributed by atoms with Crippen LogP contribution in [0.4, 0.5) is 0 Å². The molecule has 1 N–H and O–H groups in total. The number of esters is 1. The van der Waals surface area contributed by atoms with Crippen LogP contribution in [0.1, 0.15) is 25.0 Å². The van der Waals surface area contributed by atoms with Crippen molar-refractivity contribution in [1.29, 1.82) is 0 Å². The number of carbonyl (C=O) groups is 2. The summed E-state index contributed by atoms with van der Waals surface area (Å²) in [5.74, 6) is -0.0359. The second-order valence-corrected chi connectivity index (χ2v) is 5.24. The summed E-state index contributed by atoms with van der Waals surface area (Å²) in [5.41, 5.74) is 1.80. The largest absolute Gasteiger partial charge is 0.496 e. The molecule has 21 heavy (non-hydrogen) atoms. The van der Waals surface area contributed by atoms with Crippen molar-refractivity contribution < 1.29 is 19.1 Å². The maximum atomic E-state index is 12.2. The van der Waals surface area contributed by atoms with Crippen molar-refractivity contribution in [3.05, 3.63) is 29.3 Å². The molecular weight excluding hydrogens is 270 g/mol. The molecule has 0 saturated carbocycles. The Bertz CT molecular complexity index is 511. The number of nitrogens with one attached hydrogen (secondary N) is 1. The van der Waals surface area contributed by atoms with E-state index in [2.05, 4.69) is 5.32 Å². The number of methoxy groups -OCH3 is 2. The highest BCUT2D eigenvalue weighted by molar-refractivity contribution is 5.86. The summed E-state index contributed by atoms with van der Waals surface area (Å²) >= 11 is 0. The van der Waals surface area contributed by atoms with Crippen molar-refractivity contribution in [2.24, 2.45) is 5.92 Å². The lowest BCUT2D eigenvalue weighted by molar-refractivity contribution is -0.146. The molecule has 1 aromatic carbocycles. The van der Waals surface area contributed by atoms with Gasteiger partial charge in [0.25, 0.3) is 0 Å². The summed E-state index contributed by atoms with van der Waals surface area (Å²) in [6.07, 6.45) is 0.163. The summed E-state index contributed by atoms with van der Waals surface area (Å²) in [7, 11) is 2.88. The molecule has 0 bridgehead atoms. The first-order valence-corrected chi connectivity index (χ1v) is 6.90. The van der Waals surface area contributed by atoms with Gasteiger partial charge < -0.3 is 14.8 Å². The molecule has 0 heterocycles. The van der Waals surface area contributed by atoms with Gasteiger partial charge in [0.05, 0.1) is 20.6 Å². The molecule has 0 aromatic heterocycles. The zero-order valence-electron chi connectivity index (χ0n) is 13.2. The fourth-order valence-corrected chi connectivity index (χ4v) is 2.10. The van der Waals surface area contributed by atoms with Crippen molar-refractivity contribution in [3.63, 3.8) is 0 Å². The standard InChI is InChI=1S/C16H23NO4/c1-10(2)15(16(19)21-5)17-14(18)9-12-11(3)7-6-8-13(12)20-4/h6-8,10,15H,9H2,1-5H3,(H,17,18). The highest BCUT2D eigenvalue weighted by Crippen LogP contribution is 2.22. The Labute approximate surface area is 125 Å². The molecule has 0 aliphatic rings. The van der Waals surface area contributed by atoms with E-state index in [1.54, 1.807) is 7.11 Å². The van der Waals surface area contributed by atoms with Crippen LogP contribution in [-0.4, -0.2) is 32.1 Å². The lowest BCUT2D eigenvalue weighted by atomic mass is 10.0.